The molecule has 0 bridgehead atoms. The van der Waals surface area contributed by atoms with Crippen LogP contribution in [0.3, 0.4) is 0 Å². The lowest BCUT2D eigenvalue weighted by Gasteiger charge is -2.12. The monoisotopic (exact) mass is 263 g/mol. The van der Waals surface area contributed by atoms with Gasteiger partial charge in [-0.3, -0.25) is 4.79 Å². The minimum atomic E-state index is -0.458. The number of hydrogen-bond donors (Lipinski definition) is 1. The number of ether oxygens (including phenoxy) is 1. The Hall–Kier alpha value is -1.84. The van der Waals surface area contributed by atoms with Crippen LogP contribution in [0.5, 0.6) is 0 Å². The molecule has 4 nitrogen and oxygen atoms in total. The molecule has 1 amide bonds. The molecule has 0 radical (unpaired) electrons. The second-order valence-corrected chi connectivity index (χ2v) is 4.70. The Kier molecular flexibility index (Phi) is 5.55. The van der Waals surface area contributed by atoms with Gasteiger partial charge in [-0.1, -0.05) is 19.1 Å². The largest absolute Gasteiger partial charge is 0.452 e. The van der Waals surface area contributed by atoms with Crippen LogP contribution in [0.4, 0.5) is 0 Å². The van der Waals surface area contributed by atoms with E-state index < -0.39 is 5.97 Å². The van der Waals surface area contributed by atoms with E-state index in [2.05, 4.69) is 5.32 Å². The first kappa shape index (κ1) is 15.2. The van der Waals surface area contributed by atoms with E-state index in [0.29, 0.717) is 5.56 Å². The molecule has 0 saturated heterocycles. The first-order valence-electron chi connectivity index (χ1n) is 6.48. The molecule has 0 aliphatic heterocycles. The predicted octanol–water partition coefficient (Wildman–Crippen LogP) is 2.37. The minimum absolute atomic E-state index is 0.0897. The Bertz CT molecular complexity index is 468. The third kappa shape index (κ3) is 4.39. The van der Waals surface area contributed by atoms with Crippen LogP contribution in [0.25, 0.3) is 0 Å². The molecule has 1 N–H and O–H groups in total. The highest BCUT2D eigenvalue weighted by Crippen LogP contribution is 2.13. The van der Waals surface area contributed by atoms with Crippen molar-refractivity contribution in [3.05, 3.63) is 34.9 Å². The van der Waals surface area contributed by atoms with Crippen LogP contribution >= 0.6 is 0 Å². The van der Waals surface area contributed by atoms with Crippen LogP contribution in [0, 0.1) is 13.8 Å². The average molecular weight is 263 g/mol. The number of rotatable bonds is 5. The van der Waals surface area contributed by atoms with Gasteiger partial charge in [-0.2, -0.15) is 0 Å². The summed E-state index contributed by atoms with van der Waals surface area (Å²) in [6.07, 6.45) is 0.844. The van der Waals surface area contributed by atoms with Crippen LogP contribution in [0.1, 0.15) is 41.8 Å². The van der Waals surface area contributed by atoms with E-state index in [1.807, 2.05) is 33.8 Å². The molecule has 0 aliphatic carbocycles. The maximum Gasteiger partial charge on any atom is 0.338 e. The summed E-state index contributed by atoms with van der Waals surface area (Å²) in [5.74, 6) is -0.728. The fraction of sp³-hybridized carbons (Fsp3) is 0.467. The smallest absolute Gasteiger partial charge is 0.338 e. The first-order valence-corrected chi connectivity index (χ1v) is 6.48. The number of carbonyl (C=O) groups is 2. The summed E-state index contributed by atoms with van der Waals surface area (Å²) in [5.41, 5.74) is 2.42. The highest BCUT2D eigenvalue weighted by Gasteiger charge is 2.14. The average Bonchev–Trinajstić information content (AvgIpc) is 2.39. The molecule has 0 fully saturated rings. The molecule has 1 aromatic rings. The SMILES string of the molecule is CC[C@H](C)NC(=O)COC(=O)c1cccc(C)c1C. The van der Waals surface area contributed by atoms with Crippen molar-refractivity contribution in [2.24, 2.45) is 0 Å². The molecule has 0 aliphatic rings. The number of nitrogens with one attached hydrogen (secondary N) is 1. The molecular weight excluding hydrogens is 242 g/mol. The number of carbonyl (C=O) groups excluding carboxylic acids is 2. The molecule has 1 rings (SSSR count). The van der Waals surface area contributed by atoms with Gasteiger partial charge in [0.2, 0.25) is 0 Å². The third-order valence-electron chi connectivity index (χ3n) is 3.18. The molecule has 0 aromatic heterocycles. The van der Waals surface area contributed by atoms with Crippen molar-refractivity contribution in [2.45, 2.75) is 40.2 Å². The van der Waals surface area contributed by atoms with Gasteiger partial charge in [-0.25, -0.2) is 4.79 Å². The van der Waals surface area contributed by atoms with Crippen molar-refractivity contribution in [1.82, 2.24) is 5.32 Å². The van der Waals surface area contributed by atoms with Crippen molar-refractivity contribution in [3.8, 4) is 0 Å². The molecule has 0 unspecified atom stereocenters. The highest BCUT2D eigenvalue weighted by atomic mass is 16.5. The number of amides is 1. The quantitative estimate of drug-likeness (QED) is 0.830. The number of aryl methyl sites for hydroxylation is 1. The maximum atomic E-state index is 11.9. The van der Waals surface area contributed by atoms with Gasteiger partial charge in [0, 0.05) is 6.04 Å². The Morgan fingerprint density at radius 2 is 2.00 bits per heavy atom. The lowest BCUT2D eigenvalue weighted by Crippen LogP contribution is -2.35. The van der Waals surface area contributed by atoms with E-state index in [0.717, 1.165) is 17.5 Å². The van der Waals surface area contributed by atoms with Gasteiger partial charge in [0.1, 0.15) is 0 Å². The molecular formula is C15H21NO3. The Balaban J connectivity index is 2.56. The van der Waals surface area contributed by atoms with Gasteiger partial charge in [-0.05, 0) is 44.4 Å². The van der Waals surface area contributed by atoms with Gasteiger partial charge < -0.3 is 10.1 Å². The lowest BCUT2D eigenvalue weighted by atomic mass is 10.0. The molecule has 19 heavy (non-hydrogen) atoms. The number of esters is 1. The number of hydrogen-bond acceptors (Lipinski definition) is 3. The molecule has 4 heteroatoms. The summed E-state index contributed by atoms with van der Waals surface area (Å²) < 4.78 is 5.02. The molecule has 0 saturated carbocycles. The van der Waals surface area contributed by atoms with Gasteiger partial charge in [0.25, 0.3) is 5.91 Å². The topological polar surface area (TPSA) is 55.4 Å². The van der Waals surface area contributed by atoms with Crippen molar-refractivity contribution in [2.75, 3.05) is 6.61 Å². The molecule has 0 heterocycles. The minimum Gasteiger partial charge on any atom is -0.452 e. The van der Waals surface area contributed by atoms with E-state index in [-0.39, 0.29) is 18.6 Å². The molecule has 104 valence electrons. The fourth-order valence-corrected chi connectivity index (χ4v) is 1.60. The van der Waals surface area contributed by atoms with Crippen molar-refractivity contribution in [1.29, 1.82) is 0 Å². The second-order valence-electron chi connectivity index (χ2n) is 4.70. The maximum absolute atomic E-state index is 11.9. The molecule has 1 atom stereocenters. The summed E-state index contributed by atoms with van der Waals surface area (Å²) in [5, 5.41) is 2.75. The van der Waals surface area contributed by atoms with Gasteiger partial charge in [-0.15, -0.1) is 0 Å². The summed E-state index contributed by atoms with van der Waals surface area (Å²) >= 11 is 0. The zero-order chi connectivity index (χ0) is 14.4. The summed E-state index contributed by atoms with van der Waals surface area (Å²) in [4.78, 5) is 23.4. The fourth-order valence-electron chi connectivity index (χ4n) is 1.60. The molecule has 0 spiro atoms. The van der Waals surface area contributed by atoms with Crippen molar-refractivity contribution in [3.63, 3.8) is 0 Å². The molecule has 1 aromatic carbocycles. The van der Waals surface area contributed by atoms with E-state index in [1.165, 1.54) is 0 Å². The van der Waals surface area contributed by atoms with Crippen LogP contribution < -0.4 is 5.32 Å². The summed E-state index contributed by atoms with van der Waals surface area (Å²) in [7, 11) is 0. The van der Waals surface area contributed by atoms with Crippen LogP contribution in [-0.2, 0) is 9.53 Å². The zero-order valence-electron chi connectivity index (χ0n) is 11.9. The van der Waals surface area contributed by atoms with Gasteiger partial charge in [0.15, 0.2) is 6.61 Å². The summed E-state index contributed by atoms with van der Waals surface area (Å²) in [6, 6.07) is 5.53. The Morgan fingerprint density at radius 3 is 2.63 bits per heavy atom. The third-order valence-corrected chi connectivity index (χ3v) is 3.18. The Labute approximate surface area is 114 Å². The van der Waals surface area contributed by atoms with E-state index >= 15 is 0 Å². The summed E-state index contributed by atoms with van der Waals surface area (Å²) in [6.45, 7) is 7.45. The highest BCUT2D eigenvalue weighted by molar-refractivity contribution is 5.93. The van der Waals surface area contributed by atoms with Crippen LogP contribution in [0.2, 0.25) is 0 Å². The standard InChI is InChI=1S/C15H21NO3/c1-5-11(3)16-14(17)9-19-15(18)13-8-6-7-10(2)12(13)4/h6-8,11H,5,9H2,1-4H3,(H,16,17)/t11-/m0/s1. The lowest BCUT2D eigenvalue weighted by molar-refractivity contribution is -0.124. The second kappa shape index (κ2) is 6.92. The van der Waals surface area contributed by atoms with E-state index in [4.69, 9.17) is 4.74 Å². The van der Waals surface area contributed by atoms with Gasteiger partial charge in [0.05, 0.1) is 5.56 Å². The van der Waals surface area contributed by atoms with Crippen LogP contribution in [-0.4, -0.2) is 24.5 Å². The number of benzene rings is 1. The van der Waals surface area contributed by atoms with Gasteiger partial charge >= 0.3 is 5.97 Å². The van der Waals surface area contributed by atoms with Crippen molar-refractivity contribution >= 4 is 11.9 Å². The van der Waals surface area contributed by atoms with Crippen LogP contribution in [0.15, 0.2) is 18.2 Å². The Morgan fingerprint density at radius 1 is 1.32 bits per heavy atom. The normalized spacial score (nSPS) is 11.8. The van der Waals surface area contributed by atoms with Crippen molar-refractivity contribution < 1.29 is 14.3 Å². The predicted molar refractivity (Wildman–Crippen MR) is 74.1 cm³/mol. The van der Waals surface area contributed by atoms with E-state index in [1.54, 1.807) is 12.1 Å². The first-order chi connectivity index (χ1) is 8.95. The zero-order valence-corrected chi connectivity index (χ0v) is 11.9. The van der Waals surface area contributed by atoms with E-state index in [9.17, 15) is 9.59 Å².